The lowest BCUT2D eigenvalue weighted by Crippen LogP contribution is -1.92. The van der Waals surface area contributed by atoms with E-state index in [2.05, 4.69) is 28.2 Å². The number of hydrogen-bond donors (Lipinski definition) is 0. The Labute approximate surface area is 114 Å². The van der Waals surface area contributed by atoms with Crippen LogP contribution in [-0.2, 0) is 5.88 Å². The topological polar surface area (TPSA) is 25.8 Å². The Bertz CT molecular complexity index is 692. The minimum atomic E-state index is 0.421. The maximum absolute atomic E-state index is 5.95. The first kappa shape index (κ1) is 11.6. The van der Waals surface area contributed by atoms with Crippen molar-refractivity contribution in [2.45, 2.75) is 12.8 Å². The summed E-state index contributed by atoms with van der Waals surface area (Å²) in [5.41, 5.74) is 2.12. The lowest BCUT2D eigenvalue weighted by atomic mass is 10.2. The minimum Gasteiger partial charge on any atom is -0.236 e. The van der Waals surface area contributed by atoms with Gasteiger partial charge in [-0.05, 0) is 18.6 Å². The lowest BCUT2D eigenvalue weighted by molar-refractivity contribution is 1.04. The number of benzene rings is 1. The fourth-order valence-electron chi connectivity index (χ4n) is 1.95. The zero-order valence-electron chi connectivity index (χ0n) is 9.85. The largest absolute Gasteiger partial charge is 0.236 e. The van der Waals surface area contributed by atoms with Crippen LogP contribution in [0, 0.1) is 6.92 Å². The molecule has 0 saturated heterocycles. The molecule has 2 aromatic heterocycles. The quantitative estimate of drug-likeness (QED) is 0.647. The van der Waals surface area contributed by atoms with E-state index < -0.39 is 0 Å². The third-order valence-corrected chi connectivity index (χ3v) is 4.10. The van der Waals surface area contributed by atoms with E-state index in [9.17, 15) is 0 Å². The third-order valence-electron chi connectivity index (χ3n) is 2.77. The molecular formula is C14H11ClN2S. The molecule has 4 heteroatoms. The SMILES string of the molecule is Cc1nc(CCl)c2cc(-c3ccccc3)sc2n1. The first-order valence-electron chi connectivity index (χ1n) is 5.66. The highest BCUT2D eigenvalue weighted by Gasteiger charge is 2.10. The molecule has 0 saturated carbocycles. The molecule has 0 amide bonds. The first-order valence-corrected chi connectivity index (χ1v) is 7.01. The number of rotatable bonds is 2. The number of aryl methyl sites for hydroxylation is 1. The van der Waals surface area contributed by atoms with E-state index in [0.29, 0.717) is 5.88 Å². The second-order valence-electron chi connectivity index (χ2n) is 4.05. The summed E-state index contributed by atoms with van der Waals surface area (Å²) < 4.78 is 0. The molecule has 90 valence electrons. The molecule has 0 unspecified atom stereocenters. The highest BCUT2D eigenvalue weighted by Crippen LogP contribution is 2.33. The molecule has 18 heavy (non-hydrogen) atoms. The van der Waals surface area contributed by atoms with E-state index in [1.165, 1.54) is 10.4 Å². The molecule has 0 fully saturated rings. The van der Waals surface area contributed by atoms with Gasteiger partial charge in [0.05, 0.1) is 11.6 Å². The zero-order chi connectivity index (χ0) is 12.5. The van der Waals surface area contributed by atoms with Gasteiger partial charge >= 0.3 is 0 Å². The van der Waals surface area contributed by atoms with Crippen molar-refractivity contribution in [1.29, 1.82) is 0 Å². The van der Waals surface area contributed by atoms with Crippen LogP contribution in [0.15, 0.2) is 36.4 Å². The molecule has 0 aliphatic rings. The number of halogens is 1. The molecule has 0 aliphatic heterocycles. The number of alkyl halides is 1. The van der Waals surface area contributed by atoms with Crippen molar-refractivity contribution in [3.05, 3.63) is 47.9 Å². The average molecular weight is 275 g/mol. The van der Waals surface area contributed by atoms with Crippen molar-refractivity contribution in [3.63, 3.8) is 0 Å². The van der Waals surface area contributed by atoms with Crippen LogP contribution in [0.3, 0.4) is 0 Å². The van der Waals surface area contributed by atoms with Crippen molar-refractivity contribution in [3.8, 4) is 10.4 Å². The van der Waals surface area contributed by atoms with E-state index in [1.54, 1.807) is 11.3 Å². The molecule has 3 aromatic rings. The van der Waals surface area contributed by atoms with Crippen LogP contribution in [0.1, 0.15) is 11.5 Å². The van der Waals surface area contributed by atoms with Crippen LogP contribution in [0.5, 0.6) is 0 Å². The summed E-state index contributed by atoms with van der Waals surface area (Å²) in [5, 5.41) is 1.07. The highest BCUT2D eigenvalue weighted by atomic mass is 35.5. The Morgan fingerprint density at radius 2 is 1.94 bits per heavy atom. The third kappa shape index (κ3) is 2.00. The monoisotopic (exact) mass is 274 g/mol. The highest BCUT2D eigenvalue weighted by molar-refractivity contribution is 7.21. The Morgan fingerprint density at radius 3 is 2.67 bits per heavy atom. The van der Waals surface area contributed by atoms with Crippen molar-refractivity contribution >= 4 is 33.2 Å². The molecule has 1 aromatic carbocycles. The second-order valence-corrected chi connectivity index (χ2v) is 5.34. The average Bonchev–Trinajstić information content (AvgIpc) is 2.82. The van der Waals surface area contributed by atoms with Gasteiger partial charge in [-0.2, -0.15) is 0 Å². The number of nitrogens with zero attached hydrogens (tertiary/aromatic N) is 2. The summed E-state index contributed by atoms with van der Waals surface area (Å²) in [5.74, 6) is 1.20. The van der Waals surface area contributed by atoms with Crippen LogP contribution in [0.2, 0.25) is 0 Å². The standard InChI is InChI=1S/C14H11ClN2S/c1-9-16-12(8-15)11-7-13(18-14(11)17-9)10-5-3-2-4-6-10/h2-7H,8H2,1H3. The fraction of sp³-hybridized carbons (Fsp3) is 0.143. The maximum atomic E-state index is 5.95. The van der Waals surface area contributed by atoms with Crippen molar-refractivity contribution in [1.82, 2.24) is 9.97 Å². The molecule has 2 heterocycles. The van der Waals surface area contributed by atoms with Crippen LogP contribution >= 0.6 is 22.9 Å². The smallest absolute Gasteiger partial charge is 0.127 e. The number of thiophene rings is 1. The van der Waals surface area contributed by atoms with Crippen LogP contribution < -0.4 is 0 Å². The normalized spacial score (nSPS) is 11.0. The van der Waals surface area contributed by atoms with Gasteiger partial charge in [-0.25, -0.2) is 9.97 Å². The number of fused-ring (bicyclic) bond motifs is 1. The lowest BCUT2D eigenvalue weighted by Gasteiger charge is -1.98. The second kappa shape index (κ2) is 4.67. The molecule has 0 bridgehead atoms. The maximum Gasteiger partial charge on any atom is 0.127 e. The van der Waals surface area contributed by atoms with E-state index in [0.717, 1.165) is 21.7 Å². The van der Waals surface area contributed by atoms with Crippen molar-refractivity contribution in [2.24, 2.45) is 0 Å². The first-order chi connectivity index (χ1) is 8.78. The number of aromatic nitrogens is 2. The zero-order valence-corrected chi connectivity index (χ0v) is 11.4. The van der Waals surface area contributed by atoms with Crippen molar-refractivity contribution < 1.29 is 0 Å². The molecular weight excluding hydrogens is 264 g/mol. The van der Waals surface area contributed by atoms with E-state index in [-0.39, 0.29) is 0 Å². The minimum absolute atomic E-state index is 0.421. The predicted octanol–water partition coefficient (Wildman–Crippen LogP) is 4.41. The van der Waals surface area contributed by atoms with Crippen LogP contribution in [0.4, 0.5) is 0 Å². The van der Waals surface area contributed by atoms with Gasteiger partial charge in [-0.3, -0.25) is 0 Å². The molecule has 0 N–H and O–H groups in total. The van der Waals surface area contributed by atoms with Gasteiger partial charge < -0.3 is 0 Å². The Hall–Kier alpha value is -1.45. The Balaban J connectivity index is 2.23. The molecule has 3 rings (SSSR count). The van der Waals surface area contributed by atoms with E-state index >= 15 is 0 Å². The molecule has 0 atom stereocenters. The van der Waals surface area contributed by atoms with Crippen LogP contribution in [-0.4, -0.2) is 9.97 Å². The van der Waals surface area contributed by atoms with Gasteiger partial charge in [-0.1, -0.05) is 30.3 Å². The predicted molar refractivity (Wildman–Crippen MR) is 77.1 cm³/mol. The van der Waals surface area contributed by atoms with Gasteiger partial charge in [0, 0.05) is 10.3 Å². The summed E-state index contributed by atoms with van der Waals surface area (Å²) >= 11 is 7.63. The summed E-state index contributed by atoms with van der Waals surface area (Å²) in [4.78, 5) is 11.1. The number of hydrogen-bond acceptors (Lipinski definition) is 3. The molecule has 0 spiro atoms. The van der Waals surface area contributed by atoms with Gasteiger partial charge in [-0.15, -0.1) is 22.9 Å². The van der Waals surface area contributed by atoms with Gasteiger partial charge in [0.15, 0.2) is 0 Å². The molecule has 2 nitrogen and oxygen atoms in total. The van der Waals surface area contributed by atoms with Gasteiger partial charge in [0.25, 0.3) is 0 Å². The summed E-state index contributed by atoms with van der Waals surface area (Å²) in [6.45, 7) is 1.90. The van der Waals surface area contributed by atoms with Crippen molar-refractivity contribution in [2.75, 3.05) is 0 Å². The Morgan fingerprint density at radius 1 is 1.17 bits per heavy atom. The Kier molecular flexibility index (Phi) is 3.02. The van der Waals surface area contributed by atoms with E-state index in [4.69, 9.17) is 11.6 Å². The van der Waals surface area contributed by atoms with Gasteiger partial charge in [0.2, 0.25) is 0 Å². The summed E-state index contributed by atoms with van der Waals surface area (Å²) in [7, 11) is 0. The summed E-state index contributed by atoms with van der Waals surface area (Å²) in [6, 6.07) is 12.4. The fourth-order valence-corrected chi connectivity index (χ4v) is 3.25. The summed E-state index contributed by atoms with van der Waals surface area (Å²) in [6.07, 6.45) is 0. The molecule has 0 aliphatic carbocycles. The van der Waals surface area contributed by atoms with Crippen LogP contribution in [0.25, 0.3) is 20.7 Å². The molecule has 0 radical (unpaired) electrons. The van der Waals surface area contributed by atoms with Gasteiger partial charge in [0.1, 0.15) is 10.7 Å². The van der Waals surface area contributed by atoms with E-state index in [1.807, 2.05) is 25.1 Å².